The van der Waals surface area contributed by atoms with Crippen molar-refractivity contribution in [3.63, 3.8) is 0 Å². The number of rotatable bonds is 0. The van der Waals surface area contributed by atoms with Gasteiger partial charge in [0.15, 0.2) is 0 Å². The lowest BCUT2D eigenvalue weighted by molar-refractivity contribution is 0.0967. The minimum absolute atomic E-state index is 0.564. The van der Waals surface area contributed by atoms with Crippen LogP contribution in [0.3, 0.4) is 0 Å². The molecular formula is C16H18N4O2. The second kappa shape index (κ2) is 5.81. The van der Waals surface area contributed by atoms with Gasteiger partial charge in [0.2, 0.25) is 0 Å². The van der Waals surface area contributed by atoms with E-state index in [4.69, 9.17) is 9.47 Å². The lowest BCUT2D eigenvalue weighted by atomic mass is 10.1. The molecule has 22 heavy (non-hydrogen) atoms. The molecule has 1 N–H and O–H groups in total. The molecule has 1 aliphatic heterocycles. The minimum atomic E-state index is 0.564. The fourth-order valence-corrected chi connectivity index (χ4v) is 2.71. The van der Waals surface area contributed by atoms with Gasteiger partial charge in [-0.05, 0) is 31.0 Å². The van der Waals surface area contributed by atoms with Crippen molar-refractivity contribution in [2.45, 2.75) is 19.4 Å². The van der Waals surface area contributed by atoms with Gasteiger partial charge in [-0.2, -0.15) is 10.2 Å². The van der Waals surface area contributed by atoms with Crippen molar-refractivity contribution >= 4 is 10.9 Å². The van der Waals surface area contributed by atoms with E-state index in [1.165, 1.54) is 0 Å². The summed E-state index contributed by atoms with van der Waals surface area (Å²) in [6.07, 6.45) is 5.98. The quantitative estimate of drug-likeness (QED) is 0.693. The first-order valence-electron chi connectivity index (χ1n) is 7.62. The molecule has 1 aromatic carbocycles. The van der Waals surface area contributed by atoms with Crippen LogP contribution >= 0.6 is 0 Å². The van der Waals surface area contributed by atoms with Gasteiger partial charge in [0.1, 0.15) is 18.1 Å². The third kappa shape index (κ3) is 2.57. The van der Waals surface area contributed by atoms with Crippen LogP contribution in [0.4, 0.5) is 0 Å². The first-order chi connectivity index (χ1) is 10.9. The molecule has 0 saturated heterocycles. The summed E-state index contributed by atoms with van der Waals surface area (Å²) < 4.78 is 13.3. The maximum atomic E-state index is 5.76. The molecule has 0 fully saturated rings. The molecule has 4 rings (SSSR count). The van der Waals surface area contributed by atoms with Crippen LogP contribution in [0, 0.1) is 0 Å². The molecule has 3 heterocycles. The average Bonchev–Trinajstić information content (AvgIpc) is 3.15. The van der Waals surface area contributed by atoms with Crippen molar-refractivity contribution in [2.24, 2.45) is 0 Å². The largest absolute Gasteiger partial charge is 0.491 e. The minimum Gasteiger partial charge on any atom is -0.491 e. The predicted octanol–water partition coefficient (Wildman–Crippen LogP) is 2.62. The highest BCUT2D eigenvalue weighted by molar-refractivity contribution is 5.93. The highest BCUT2D eigenvalue weighted by Crippen LogP contribution is 2.29. The molecular weight excluding hydrogens is 280 g/mol. The van der Waals surface area contributed by atoms with Crippen LogP contribution in [-0.2, 0) is 11.3 Å². The number of nitrogens with zero attached hydrogens (tertiary/aromatic N) is 3. The number of benzene rings is 1. The molecule has 0 spiro atoms. The zero-order chi connectivity index (χ0) is 14.8. The molecule has 0 atom stereocenters. The van der Waals surface area contributed by atoms with Gasteiger partial charge < -0.3 is 9.47 Å². The summed E-state index contributed by atoms with van der Waals surface area (Å²) >= 11 is 0. The van der Waals surface area contributed by atoms with Crippen molar-refractivity contribution in [3.8, 4) is 17.0 Å². The second-order valence-electron chi connectivity index (χ2n) is 5.44. The van der Waals surface area contributed by atoms with Gasteiger partial charge in [-0.3, -0.25) is 9.78 Å². The maximum absolute atomic E-state index is 5.76. The van der Waals surface area contributed by atoms with Gasteiger partial charge in [-0.25, -0.2) is 0 Å². The first-order valence-corrected chi connectivity index (χ1v) is 7.62. The van der Waals surface area contributed by atoms with E-state index in [1.807, 2.05) is 35.3 Å². The SMILES string of the molecule is c1cc2[nH]nc3c2cc1OCCOCCCCn1cc-3cn1. The first kappa shape index (κ1) is 13.3. The number of H-pyrrole nitrogens is 1. The van der Waals surface area contributed by atoms with Gasteiger partial charge >= 0.3 is 0 Å². The third-order valence-corrected chi connectivity index (χ3v) is 3.86. The Labute approximate surface area is 128 Å². The van der Waals surface area contributed by atoms with Crippen LogP contribution in [0.2, 0.25) is 0 Å². The number of nitrogens with one attached hydrogen (secondary N) is 1. The van der Waals surface area contributed by atoms with Crippen LogP contribution in [0.25, 0.3) is 22.2 Å². The number of fused-ring (bicyclic) bond motifs is 4. The molecule has 2 aromatic heterocycles. The summed E-state index contributed by atoms with van der Waals surface area (Å²) in [6, 6.07) is 5.96. The van der Waals surface area contributed by atoms with Crippen LogP contribution in [-0.4, -0.2) is 39.8 Å². The number of aromatic nitrogens is 4. The topological polar surface area (TPSA) is 65.0 Å². The fourth-order valence-electron chi connectivity index (χ4n) is 2.71. The molecule has 0 amide bonds. The van der Waals surface area contributed by atoms with Gasteiger partial charge in [-0.15, -0.1) is 0 Å². The monoisotopic (exact) mass is 298 g/mol. The van der Waals surface area contributed by atoms with Crippen molar-refractivity contribution in [2.75, 3.05) is 19.8 Å². The van der Waals surface area contributed by atoms with Gasteiger partial charge in [0.05, 0.1) is 18.3 Å². The third-order valence-electron chi connectivity index (χ3n) is 3.86. The van der Waals surface area contributed by atoms with Crippen molar-refractivity contribution in [1.82, 2.24) is 20.0 Å². The normalized spacial score (nSPS) is 16.2. The van der Waals surface area contributed by atoms with E-state index in [0.717, 1.165) is 53.9 Å². The van der Waals surface area contributed by atoms with E-state index < -0.39 is 0 Å². The summed E-state index contributed by atoms with van der Waals surface area (Å²) in [5.41, 5.74) is 2.93. The zero-order valence-electron chi connectivity index (χ0n) is 12.3. The van der Waals surface area contributed by atoms with Crippen molar-refractivity contribution < 1.29 is 9.47 Å². The highest BCUT2D eigenvalue weighted by atomic mass is 16.5. The summed E-state index contributed by atoms with van der Waals surface area (Å²) in [5, 5.41) is 13.0. The van der Waals surface area contributed by atoms with E-state index in [9.17, 15) is 0 Å². The Kier molecular flexibility index (Phi) is 3.52. The van der Waals surface area contributed by atoms with Crippen LogP contribution in [0.1, 0.15) is 12.8 Å². The molecule has 3 aromatic rings. The van der Waals surface area contributed by atoms with E-state index in [0.29, 0.717) is 13.2 Å². The number of aryl methyl sites for hydroxylation is 1. The van der Waals surface area contributed by atoms with E-state index >= 15 is 0 Å². The standard InChI is InChI=1S/C16H18N4O2/c1-2-6-21-7-8-22-13-3-4-15-14(9-13)16(19-18-15)12-10-17-20(5-1)11-12/h3-4,9-11H,1-2,5-8H2,(H,18,19). The molecule has 0 radical (unpaired) electrons. The maximum Gasteiger partial charge on any atom is 0.120 e. The molecule has 6 heteroatoms. The van der Waals surface area contributed by atoms with Crippen LogP contribution in [0.5, 0.6) is 5.75 Å². The zero-order valence-corrected chi connectivity index (χ0v) is 12.3. The van der Waals surface area contributed by atoms with Gasteiger partial charge in [0.25, 0.3) is 0 Å². The van der Waals surface area contributed by atoms with E-state index in [-0.39, 0.29) is 0 Å². The fraction of sp³-hybridized carbons (Fsp3) is 0.375. The van der Waals surface area contributed by atoms with Gasteiger partial charge in [0, 0.05) is 30.3 Å². The van der Waals surface area contributed by atoms with Crippen molar-refractivity contribution in [3.05, 3.63) is 30.6 Å². The summed E-state index contributed by atoms with van der Waals surface area (Å²) in [6.45, 7) is 2.84. The molecule has 0 unspecified atom stereocenters. The number of hydrogen-bond donors (Lipinski definition) is 1. The summed E-state index contributed by atoms with van der Waals surface area (Å²) in [4.78, 5) is 0. The van der Waals surface area contributed by atoms with Crippen LogP contribution in [0.15, 0.2) is 30.6 Å². The molecule has 4 bridgehead atoms. The highest BCUT2D eigenvalue weighted by Gasteiger charge is 2.11. The molecule has 6 nitrogen and oxygen atoms in total. The lowest BCUT2D eigenvalue weighted by Crippen LogP contribution is -2.08. The second-order valence-corrected chi connectivity index (χ2v) is 5.44. The molecule has 0 aliphatic carbocycles. The van der Waals surface area contributed by atoms with Crippen molar-refractivity contribution in [1.29, 1.82) is 0 Å². The van der Waals surface area contributed by atoms with E-state index in [1.54, 1.807) is 0 Å². The molecule has 0 saturated carbocycles. The summed E-state index contributed by atoms with van der Waals surface area (Å²) in [7, 11) is 0. The average molecular weight is 298 g/mol. The smallest absolute Gasteiger partial charge is 0.120 e. The Morgan fingerprint density at radius 3 is 3.14 bits per heavy atom. The lowest BCUT2D eigenvalue weighted by Gasteiger charge is -2.07. The Morgan fingerprint density at radius 2 is 2.14 bits per heavy atom. The summed E-state index contributed by atoms with van der Waals surface area (Å²) in [5.74, 6) is 0.834. The van der Waals surface area contributed by atoms with E-state index in [2.05, 4.69) is 15.3 Å². The molecule has 1 aliphatic rings. The number of hydrogen-bond acceptors (Lipinski definition) is 4. The predicted molar refractivity (Wildman–Crippen MR) is 82.9 cm³/mol. The molecule has 114 valence electrons. The Balaban J connectivity index is 1.75. The number of ether oxygens (including phenoxy) is 2. The number of aromatic amines is 1. The Hall–Kier alpha value is -2.34. The van der Waals surface area contributed by atoms with Crippen LogP contribution < -0.4 is 4.74 Å². The Morgan fingerprint density at radius 1 is 1.14 bits per heavy atom. The van der Waals surface area contributed by atoms with Gasteiger partial charge in [-0.1, -0.05) is 0 Å². The Bertz CT molecular complexity index is 777.